The number of benzene rings is 1. The minimum atomic E-state index is -0.140. The number of phenolic OH excluding ortho intramolecular Hbond substituents is 1. The molecule has 0 spiro atoms. The lowest BCUT2D eigenvalue weighted by molar-refractivity contribution is -0.0768. The van der Waals surface area contributed by atoms with Crippen molar-refractivity contribution < 1.29 is 19.3 Å². The molecule has 0 aromatic heterocycles. The highest BCUT2D eigenvalue weighted by Gasteiger charge is 2.51. The Hall–Kier alpha value is -1.30. The van der Waals surface area contributed by atoms with Crippen LogP contribution in [-0.2, 0) is 30.5 Å². The summed E-state index contributed by atoms with van der Waals surface area (Å²) in [5.41, 5.74) is 10.5. The van der Waals surface area contributed by atoms with Gasteiger partial charge in [0.2, 0.25) is 0 Å². The second-order valence-corrected chi connectivity index (χ2v) is 8.49. The lowest BCUT2D eigenvalue weighted by Crippen LogP contribution is -2.53. The van der Waals surface area contributed by atoms with Crippen LogP contribution >= 0.6 is 0 Å². The van der Waals surface area contributed by atoms with Crippen LogP contribution < -0.4 is 5.73 Å². The van der Waals surface area contributed by atoms with Crippen molar-refractivity contribution in [3.63, 3.8) is 0 Å². The monoisotopic (exact) mass is 361 g/mol. The summed E-state index contributed by atoms with van der Waals surface area (Å²) in [4.78, 5) is 0. The molecular weight excluding hydrogens is 330 g/mol. The molecule has 0 saturated carbocycles. The molecule has 3 saturated heterocycles. The van der Waals surface area contributed by atoms with Gasteiger partial charge in [0.1, 0.15) is 5.75 Å². The van der Waals surface area contributed by atoms with Gasteiger partial charge in [0, 0.05) is 27.5 Å². The third kappa shape index (κ3) is 2.20. The van der Waals surface area contributed by atoms with E-state index in [4.69, 9.17) is 19.9 Å². The maximum atomic E-state index is 11.2. The van der Waals surface area contributed by atoms with E-state index >= 15 is 0 Å². The number of aromatic hydroxyl groups is 1. The molecule has 144 valence electrons. The van der Waals surface area contributed by atoms with Crippen molar-refractivity contribution in [1.29, 1.82) is 0 Å². The summed E-state index contributed by atoms with van der Waals surface area (Å²) in [6, 6.07) is 1.92. The smallest absolute Gasteiger partial charge is 0.120 e. The summed E-state index contributed by atoms with van der Waals surface area (Å²) in [5, 5.41) is 11.2. The summed E-state index contributed by atoms with van der Waals surface area (Å²) in [5.74, 6) is 0.369. The van der Waals surface area contributed by atoms with Gasteiger partial charge in [-0.3, -0.25) is 0 Å². The van der Waals surface area contributed by atoms with Crippen molar-refractivity contribution in [2.24, 2.45) is 0 Å². The summed E-state index contributed by atoms with van der Waals surface area (Å²) >= 11 is 0. The Morgan fingerprint density at radius 1 is 0.808 bits per heavy atom. The van der Waals surface area contributed by atoms with Gasteiger partial charge in [-0.1, -0.05) is 20.8 Å². The highest BCUT2D eigenvalue weighted by molar-refractivity contribution is 5.69. The van der Waals surface area contributed by atoms with Gasteiger partial charge in [-0.2, -0.15) is 0 Å². The zero-order chi connectivity index (χ0) is 18.6. The molecule has 0 unspecified atom stereocenters. The minimum Gasteiger partial charge on any atom is -0.508 e. The second kappa shape index (κ2) is 6.11. The first-order valence-electron chi connectivity index (χ1n) is 9.87. The molecule has 0 aliphatic carbocycles. The quantitative estimate of drug-likeness (QED) is 0.602. The van der Waals surface area contributed by atoms with Crippen molar-refractivity contribution in [2.75, 3.05) is 45.4 Å². The van der Waals surface area contributed by atoms with E-state index in [0.717, 1.165) is 41.6 Å². The Balaban J connectivity index is 1.97. The normalized spacial score (nSPS) is 25.0. The molecule has 3 aliphatic heterocycles. The van der Waals surface area contributed by atoms with Crippen LogP contribution in [0.5, 0.6) is 5.75 Å². The van der Waals surface area contributed by atoms with Crippen LogP contribution in [0.4, 0.5) is 5.69 Å². The largest absolute Gasteiger partial charge is 0.508 e. The van der Waals surface area contributed by atoms with Crippen LogP contribution in [0.15, 0.2) is 6.07 Å². The van der Waals surface area contributed by atoms with Crippen molar-refractivity contribution in [3.05, 3.63) is 22.8 Å². The van der Waals surface area contributed by atoms with Gasteiger partial charge in [0.05, 0.1) is 39.6 Å². The number of hydrogen-bond donors (Lipinski definition) is 2. The van der Waals surface area contributed by atoms with Crippen LogP contribution in [0.1, 0.15) is 56.7 Å². The van der Waals surface area contributed by atoms with Gasteiger partial charge in [-0.15, -0.1) is 0 Å². The molecule has 0 atom stereocenters. The first-order valence-corrected chi connectivity index (χ1v) is 9.87. The van der Waals surface area contributed by atoms with Crippen molar-refractivity contribution >= 4 is 5.69 Å². The topological polar surface area (TPSA) is 73.9 Å². The summed E-state index contributed by atoms with van der Waals surface area (Å²) in [6.45, 7) is 10.5. The predicted octanol–water partition coefficient (Wildman–Crippen LogP) is 3.01. The fourth-order valence-electron chi connectivity index (χ4n) is 4.86. The molecule has 3 heterocycles. The fourth-order valence-corrected chi connectivity index (χ4v) is 4.86. The van der Waals surface area contributed by atoms with Gasteiger partial charge in [-0.25, -0.2) is 0 Å². The third-order valence-corrected chi connectivity index (χ3v) is 7.28. The van der Waals surface area contributed by atoms with E-state index < -0.39 is 0 Å². The van der Waals surface area contributed by atoms with Gasteiger partial charge in [-0.05, 0) is 36.5 Å². The molecule has 4 rings (SSSR count). The van der Waals surface area contributed by atoms with Gasteiger partial charge in [0.25, 0.3) is 0 Å². The molecule has 26 heavy (non-hydrogen) atoms. The molecule has 1 aromatic rings. The number of hydrogen-bond acceptors (Lipinski definition) is 5. The third-order valence-electron chi connectivity index (χ3n) is 7.28. The highest BCUT2D eigenvalue weighted by atomic mass is 16.5. The molecule has 0 radical (unpaired) electrons. The van der Waals surface area contributed by atoms with Crippen molar-refractivity contribution in [2.45, 2.75) is 56.3 Å². The van der Waals surface area contributed by atoms with E-state index in [0.29, 0.717) is 45.4 Å². The Morgan fingerprint density at radius 2 is 1.23 bits per heavy atom. The van der Waals surface area contributed by atoms with Gasteiger partial charge in [0.15, 0.2) is 0 Å². The average molecular weight is 361 g/mol. The molecule has 3 fully saturated rings. The first kappa shape index (κ1) is 18.1. The van der Waals surface area contributed by atoms with Crippen molar-refractivity contribution in [1.82, 2.24) is 0 Å². The zero-order valence-electron chi connectivity index (χ0n) is 16.2. The van der Waals surface area contributed by atoms with Gasteiger partial charge < -0.3 is 25.1 Å². The van der Waals surface area contributed by atoms with E-state index in [1.807, 2.05) is 6.07 Å². The number of ether oxygens (including phenoxy) is 3. The Labute approximate surface area is 155 Å². The summed E-state index contributed by atoms with van der Waals surface area (Å²) in [7, 11) is 0. The van der Waals surface area contributed by atoms with Crippen LogP contribution in [-0.4, -0.2) is 44.7 Å². The number of anilines is 1. The molecule has 5 heteroatoms. The summed E-state index contributed by atoms with van der Waals surface area (Å²) in [6.07, 6.45) is 2.82. The second-order valence-electron chi connectivity index (χ2n) is 8.49. The Bertz CT molecular complexity index is 686. The van der Waals surface area contributed by atoms with E-state index in [-0.39, 0.29) is 16.2 Å². The summed E-state index contributed by atoms with van der Waals surface area (Å²) < 4.78 is 16.7. The number of nitrogen functional groups attached to an aromatic ring is 1. The zero-order valence-corrected chi connectivity index (χ0v) is 16.2. The fraction of sp³-hybridized carbons (Fsp3) is 0.714. The molecule has 3 N–H and O–H groups in total. The molecule has 3 aliphatic rings. The number of phenols is 1. The van der Waals surface area contributed by atoms with E-state index in [2.05, 4.69) is 20.8 Å². The lowest BCUT2D eigenvalue weighted by Gasteiger charge is -2.50. The van der Waals surface area contributed by atoms with E-state index in [9.17, 15) is 5.11 Å². The number of rotatable bonds is 6. The van der Waals surface area contributed by atoms with Crippen LogP contribution in [0.3, 0.4) is 0 Å². The standard InChI is InChI=1S/C21H31NO4/c1-4-19(8-24-9-19)14-7-15(23)16(20(5-2)10-25-11-20)17(18(14)22)21(6-3)12-26-13-21/h7,23H,4-6,8-13,22H2,1-3H3. The number of nitrogens with two attached hydrogens (primary N) is 1. The van der Waals surface area contributed by atoms with Crippen LogP contribution in [0.25, 0.3) is 0 Å². The average Bonchev–Trinajstić information content (AvgIpc) is 2.51. The van der Waals surface area contributed by atoms with Crippen LogP contribution in [0.2, 0.25) is 0 Å². The Kier molecular flexibility index (Phi) is 4.25. The van der Waals surface area contributed by atoms with Gasteiger partial charge >= 0.3 is 0 Å². The Morgan fingerprint density at radius 3 is 1.58 bits per heavy atom. The molecular formula is C21H31NO4. The van der Waals surface area contributed by atoms with E-state index in [1.54, 1.807) is 0 Å². The minimum absolute atomic E-state index is 0.0795. The maximum absolute atomic E-state index is 11.2. The first-order chi connectivity index (χ1) is 12.5. The SMILES string of the molecule is CCC1(c2cc(O)c(C3(CC)COC3)c(C3(CC)COC3)c2N)COC1. The maximum Gasteiger partial charge on any atom is 0.120 e. The predicted molar refractivity (Wildman–Crippen MR) is 101 cm³/mol. The molecule has 5 nitrogen and oxygen atoms in total. The van der Waals surface area contributed by atoms with E-state index in [1.165, 1.54) is 0 Å². The molecule has 0 bridgehead atoms. The highest BCUT2D eigenvalue weighted by Crippen LogP contribution is 2.54. The van der Waals surface area contributed by atoms with Crippen molar-refractivity contribution in [3.8, 4) is 5.75 Å². The van der Waals surface area contributed by atoms with Crippen LogP contribution in [0, 0.1) is 0 Å². The molecule has 1 aromatic carbocycles. The lowest BCUT2D eigenvalue weighted by atomic mass is 9.63. The molecule has 0 amide bonds.